The van der Waals surface area contributed by atoms with Gasteiger partial charge in [0.05, 0.1) is 23.2 Å². The standard InChI is InChI=1S/C15H19N3O/c1-15(2,19)8-10-3-4-11(16)7-13(10)14-6-5-12(17)9-18-14/h3-7,9,19H,8,16-17H2,1-2H3. The molecular weight excluding hydrogens is 238 g/mol. The van der Waals surface area contributed by atoms with Crippen molar-refractivity contribution in [3.05, 3.63) is 42.1 Å². The van der Waals surface area contributed by atoms with Gasteiger partial charge in [0.25, 0.3) is 0 Å². The maximum atomic E-state index is 9.98. The molecule has 0 atom stereocenters. The second-order valence-corrected chi connectivity index (χ2v) is 5.38. The van der Waals surface area contributed by atoms with Crippen LogP contribution in [0.15, 0.2) is 36.5 Å². The Morgan fingerprint density at radius 3 is 2.37 bits per heavy atom. The van der Waals surface area contributed by atoms with Crippen LogP contribution in [-0.4, -0.2) is 15.7 Å². The first-order valence-electron chi connectivity index (χ1n) is 6.18. The van der Waals surface area contributed by atoms with Crippen molar-refractivity contribution < 1.29 is 5.11 Å². The molecular formula is C15H19N3O. The predicted octanol–water partition coefficient (Wildman–Crippen LogP) is 2.23. The molecule has 5 N–H and O–H groups in total. The molecule has 1 aromatic heterocycles. The summed E-state index contributed by atoms with van der Waals surface area (Å²) in [6.07, 6.45) is 2.15. The first-order valence-corrected chi connectivity index (χ1v) is 6.18. The summed E-state index contributed by atoms with van der Waals surface area (Å²) in [6, 6.07) is 9.31. The Labute approximate surface area is 113 Å². The summed E-state index contributed by atoms with van der Waals surface area (Å²) >= 11 is 0. The van der Waals surface area contributed by atoms with Crippen molar-refractivity contribution in [2.75, 3.05) is 11.5 Å². The largest absolute Gasteiger partial charge is 0.399 e. The van der Waals surface area contributed by atoms with E-state index in [9.17, 15) is 5.11 Å². The van der Waals surface area contributed by atoms with Crippen LogP contribution in [0.4, 0.5) is 11.4 Å². The molecule has 1 aromatic carbocycles. The van der Waals surface area contributed by atoms with E-state index in [1.54, 1.807) is 26.1 Å². The van der Waals surface area contributed by atoms with Crippen LogP contribution >= 0.6 is 0 Å². The van der Waals surface area contributed by atoms with Crippen LogP contribution in [0.5, 0.6) is 0 Å². The van der Waals surface area contributed by atoms with Gasteiger partial charge in [0.2, 0.25) is 0 Å². The third kappa shape index (κ3) is 3.45. The van der Waals surface area contributed by atoms with Gasteiger partial charge in [0, 0.05) is 17.7 Å². The number of anilines is 2. The lowest BCUT2D eigenvalue weighted by atomic mass is 9.93. The first-order chi connectivity index (χ1) is 8.85. The van der Waals surface area contributed by atoms with Gasteiger partial charge < -0.3 is 16.6 Å². The number of nitrogen functional groups attached to an aromatic ring is 2. The Hall–Kier alpha value is -2.07. The zero-order valence-electron chi connectivity index (χ0n) is 11.2. The van der Waals surface area contributed by atoms with Crippen LogP contribution in [0, 0.1) is 0 Å². The SMILES string of the molecule is CC(C)(O)Cc1ccc(N)cc1-c1ccc(N)cn1. The smallest absolute Gasteiger partial charge is 0.0707 e. The summed E-state index contributed by atoms with van der Waals surface area (Å²) in [7, 11) is 0. The molecule has 2 aromatic rings. The second kappa shape index (κ2) is 4.90. The van der Waals surface area contributed by atoms with Crippen molar-refractivity contribution in [1.82, 2.24) is 4.98 Å². The van der Waals surface area contributed by atoms with E-state index in [0.717, 1.165) is 16.8 Å². The van der Waals surface area contributed by atoms with E-state index >= 15 is 0 Å². The van der Waals surface area contributed by atoms with Gasteiger partial charge in [-0.2, -0.15) is 0 Å². The Kier molecular flexibility index (Phi) is 3.44. The quantitative estimate of drug-likeness (QED) is 0.736. The van der Waals surface area contributed by atoms with Crippen LogP contribution in [-0.2, 0) is 6.42 Å². The summed E-state index contributed by atoms with van der Waals surface area (Å²) in [5.41, 5.74) is 14.8. The minimum atomic E-state index is -0.779. The predicted molar refractivity (Wildman–Crippen MR) is 78.5 cm³/mol. The number of pyridine rings is 1. The zero-order chi connectivity index (χ0) is 14.0. The lowest BCUT2D eigenvalue weighted by molar-refractivity contribution is 0.0811. The van der Waals surface area contributed by atoms with E-state index in [4.69, 9.17) is 11.5 Å². The fourth-order valence-corrected chi connectivity index (χ4v) is 2.02. The van der Waals surface area contributed by atoms with Gasteiger partial charge in [-0.25, -0.2) is 0 Å². The van der Waals surface area contributed by atoms with Gasteiger partial charge in [-0.05, 0) is 43.7 Å². The summed E-state index contributed by atoms with van der Waals surface area (Å²) < 4.78 is 0. The molecule has 0 aliphatic heterocycles. The van der Waals surface area contributed by atoms with E-state index in [1.807, 2.05) is 24.3 Å². The Bertz CT molecular complexity index is 571. The molecule has 0 bridgehead atoms. The van der Waals surface area contributed by atoms with E-state index in [1.165, 1.54) is 0 Å². The van der Waals surface area contributed by atoms with Crippen molar-refractivity contribution in [3.8, 4) is 11.3 Å². The van der Waals surface area contributed by atoms with Crippen molar-refractivity contribution in [1.29, 1.82) is 0 Å². The van der Waals surface area contributed by atoms with Crippen LogP contribution in [0.3, 0.4) is 0 Å². The van der Waals surface area contributed by atoms with Crippen LogP contribution in [0.2, 0.25) is 0 Å². The van der Waals surface area contributed by atoms with E-state index < -0.39 is 5.60 Å². The third-order valence-corrected chi connectivity index (χ3v) is 2.82. The second-order valence-electron chi connectivity index (χ2n) is 5.38. The molecule has 4 heteroatoms. The Morgan fingerprint density at radius 2 is 1.79 bits per heavy atom. The molecule has 0 fully saturated rings. The maximum Gasteiger partial charge on any atom is 0.0707 e. The van der Waals surface area contributed by atoms with Gasteiger partial charge in [0.15, 0.2) is 0 Å². The molecule has 0 aliphatic carbocycles. The molecule has 0 radical (unpaired) electrons. The van der Waals surface area contributed by atoms with E-state index in [-0.39, 0.29) is 0 Å². The lowest BCUT2D eigenvalue weighted by Crippen LogP contribution is -2.22. The zero-order valence-corrected chi connectivity index (χ0v) is 11.2. The molecule has 1 heterocycles. The topological polar surface area (TPSA) is 85.2 Å². The van der Waals surface area contributed by atoms with Gasteiger partial charge in [0.1, 0.15) is 0 Å². The van der Waals surface area contributed by atoms with Crippen LogP contribution in [0.25, 0.3) is 11.3 Å². The minimum absolute atomic E-state index is 0.536. The van der Waals surface area contributed by atoms with Gasteiger partial charge >= 0.3 is 0 Å². The summed E-state index contributed by atoms with van der Waals surface area (Å²) in [5, 5.41) is 9.98. The fourth-order valence-electron chi connectivity index (χ4n) is 2.02. The number of nitrogens with zero attached hydrogens (tertiary/aromatic N) is 1. The number of aliphatic hydroxyl groups is 1. The molecule has 0 spiro atoms. The highest BCUT2D eigenvalue weighted by molar-refractivity contribution is 5.69. The highest BCUT2D eigenvalue weighted by atomic mass is 16.3. The van der Waals surface area contributed by atoms with E-state index in [0.29, 0.717) is 17.8 Å². The number of aromatic nitrogens is 1. The molecule has 4 nitrogen and oxygen atoms in total. The average Bonchev–Trinajstić information content (AvgIpc) is 2.31. The molecule has 19 heavy (non-hydrogen) atoms. The van der Waals surface area contributed by atoms with Gasteiger partial charge in [-0.3, -0.25) is 4.98 Å². The number of nitrogens with two attached hydrogens (primary N) is 2. The van der Waals surface area contributed by atoms with Crippen LogP contribution in [0.1, 0.15) is 19.4 Å². The molecule has 0 aliphatic rings. The van der Waals surface area contributed by atoms with E-state index in [2.05, 4.69) is 4.98 Å². The highest BCUT2D eigenvalue weighted by Gasteiger charge is 2.17. The van der Waals surface area contributed by atoms with Crippen LogP contribution < -0.4 is 11.5 Å². The molecule has 2 rings (SSSR count). The monoisotopic (exact) mass is 257 g/mol. The normalized spacial score (nSPS) is 11.5. The van der Waals surface area contributed by atoms with Crippen molar-refractivity contribution >= 4 is 11.4 Å². The Balaban J connectivity index is 2.48. The fraction of sp³-hybridized carbons (Fsp3) is 0.267. The molecule has 0 saturated carbocycles. The number of hydrogen-bond donors (Lipinski definition) is 3. The lowest BCUT2D eigenvalue weighted by Gasteiger charge is -2.19. The number of hydrogen-bond acceptors (Lipinski definition) is 4. The third-order valence-electron chi connectivity index (χ3n) is 2.82. The minimum Gasteiger partial charge on any atom is -0.399 e. The number of benzene rings is 1. The highest BCUT2D eigenvalue weighted by Crippen LogP contribution is 2.27. The van der Waals surface area contributed by atoms with Crippen molar-refractivity contribution in [2.45, 2.75) is 25.9 Å². The molecule has 100 valence electrons. The number of rotatable bonds is 3. The summed E-state index contributed by atoms with van der Waals surface area (Å²) in [4.78, 5) is 4.32. The first kappa shape index (κ1) is 13.4. The molecule has 0 saturated heterocycles. The molecule has 0 amide bonds. The summed E-state index contributed by atoms with van der Waals surface area (Å²) in [5.74, 6) is 0. The van der Waals surface area contributed by atoms with Gasteiger partial charge in [-0.1, -0.05) is 6.07 Å². The van der Waals surface area contributed by atoms with Gasteiger partial charge in [-0.15, -0.1) is 0 Å². The maximum absolute atomic E-state index is 9.98. The molecule has 0 unspecified atom stereocenters. The summed E-state index contributed by atoms with van der Waals surface area (Å²) in [6.45, 7) is 3.56. The Morgan fingerprint density at radius 1 is 1.11 bits per heavy atom. The van der Waals surface area contributed by atoms with Crippen molar-refractivity contribution in [3.63, 3.8) is 0 Å². The van der Waals surface area contributed by atoms with Crippen molar-refractivity contribution in [2.24, 2.45) is 0 Å². The average molecular weight is 257 g/mol.